The molecule has 7 nitrogen and oxygen atoms in total. The molecule has 0 aromatic heterocycles. The summed E-state index contributed by atoms with van der Waals surface area (Å²) in [4.78, 5) is 24.6. The third-order valence-corrected chi connectivity index (χ3v) is 7.57. The number of sulfonamides is 1. The molecule has 1 unspecified atom stereocenters. The van der Waals surface area contributed by atoms with E-state index in [1.165, 1.54) is 7.11 Å². The highest BCUT2D eigenvalue weighted by atomic mass is 32.2. The zero-order valence-corrected chi connectivity index (χ0v) is 19.1. The van der Waals surface area contributed by atoms with Crippen LogP contribution in [0.2, 0.25) is 0 Å². The fraction of sp³-hybridized carbons (Fsp3) is 0.417. The second kappa shape index (κ2) is 11.2. The minimum Gasteiger partial charge on any atom is -0.469 e. The monoisotopic (exact) mass is 458 g/mol. The number of rotatable bonds is 9. The summed E-state index contributed by atoms with van der Waals surface area (Å²) in [5.41, 5.74) is 1.71. The van der Waals surface area contributed by atoms with E-state index in [-0.39, 0.29) is 23.6 Å². The SMILES string of the molecule is COC(=O)CC(NC(=O)CCc1ccc(S(=O)(=O)N2CCCCC2)cc1)c1ccccc1. The third-order valence-electron chi connectivity index (χ3n) is 5.65. The standard InChI is InChI=1S/C24H30N2O5S/c1-31-24(28)18-22(20-8-4-2-5-9-20)25-23(27)15-12-19-10-13-21(14-11-19)32(29,30)26-16-6-3-7-17-26/h2,4-5,8-11,13-14,22H,3,6-7,12,15-18H2,1H3,(H,25,27). The van der Waals surface area contributed by atoms with Gasteiger partial charge in [0.05, 0.1) is 24.5 Å². The van der Waals surface area contributed by atoms with E-state index in [0.29, 0.717) is 19.5 Å². The number of benzene rings is 2. The Morgan fingerprint density at radius 3 is 2.28 bits per heavy atom. The molecule has 0 saturated carbocycles. The Kier molecular flexibility index (Phi) is 8.41. The van der Waals surface area contributed by atoms with Gasteiger partial charge in [0.15, 0.2) is 0 Å². The van der Waals surface area contributed by atoms with Crippen LogP contribution in [-0.4, -0.2) is 44.8 Å². The second-order valence-electron chi connectivity index (χ2n) is 7.92. The van der Waals surface area contributed by atoms with E-state index in [0.717, 1.165) is 30.4 Å². The molecule has 172 valence electrons. The third kappa shape index (κ3) is 6.40. The Morgan fingerprint density at radius 1 is 1.00 bits per heavy atom. The van der Waals surface area contributed by atoms with E-state index < -0.39 is 22.0 Å². The molecule has 2 aromatic carbocycles. The van der Waals surface area contributed by atoms with Gasteiger partial charge in [0.1, 0.15) is 0 Å². The number of nitrogens with zero attached hydrogens (tertiary/aromatic N) is 1. The highest BCUT2D eigenvalue weighted by Crippen LogP contribution is 2.21. The van der Waals surface area contributed by atoms with Crippen LogP contribution in [0.5, 0.6) is 0 Å². The van der Waals surface area contributed by atoms with E-state index in [4.69, 9.17) is 4.74 Å². The molecule has 1 atom stereocenters. The van der Waals surface area contributed by atoms with Gasteiger partial charge < -0.3 is 10.1 Å². The Balaban J connectivity index is 1.58. The Morgan fingerprint density at radius 2 is 1.66 bits per heavy atom. The van der Waals surface area contributed by atoms with Gasteiger partial charge in [-0.15, -0.1) is 0 Å². The summed E-state index contributed by atoms with van der Waals surface area (Å²) in [6.07, 6.45) is 3.60. The smallest absolute Gasteiger partial charge is 0.307 e. The molecule has 1 amide bonds. The summed E-state index contributed by atoms with van der Waals surface area (Å²) in [7, 11) is -2.14. The number of amides is 1. The first-order valence-corrected chi connectivity index (χ1v) is 12.3. The number of esters is 1. The molecule has 2 aromatic rings. The van der Waals surface area contributed by atoms with Crippen molar-refractivity contribution in [2.75, 3.05) is 20.2 Å². The first kappa shape index (κ1) is 23.9. The lowest BCUT2D eigenvalue weighted by Crippen LogP contribution is -2.35. The van der Waals surface area contributed by atoms with Crippen molar-refractivity contribution in [2.45, 2.75) is 49.5 Å². The van der Waals surface area contributed by atoms with E-state index in [1.807, 2.05) is 30.3 Å². The van der Waals surface area contributed by atoms with Gasteiger partial charge in [-0.05, 0) is 42.5 Å². The maximum atomic E-state index is 12.8. The summed E-state index contributed by atoms with van der Waals surface area (Å²) in [5, 5.41) is 2.91. The van der Waals surface area contributed by atoms with Gasteiger partial charge in [0.25, 0.3) is 0 Å². The van der Waals surface area contributed by atoms with Crippen LogP contribution in [-0.2, 0) is 30.8 Å². The molecule has 8 heteroatoms. The quantitative estimate of drug-likeness (QED) is 0.583. The number of carbonyl (C=O) groups excluding carboxylic acids is 2. The number of hydrogen-bond donors (Lipinski definition) is 1. The van der Waals surface area contributed by atoms with Crippen LogP contribution in [0, 0.1) is 0 Å². The van der Waals surface area contributed by atoms with E-state index in [9.17, 15) is 18.0 Å². The summed E-state index contributed by atoms with van der Waals surface area (Å²) >= 11 is 0. The molecule has 0 aliphatic carbocycles. The van der Waals surface area contributed by atoms with E-state index in [2.05, 4.69) is 5.32 Å². The number of nitrogens with one attached hydrogen (secondary N) is 1. The van der Waals surface area contributed by atoms with Crippen LogP contribution in [0.4, 0.5) is 0 Å². The average Bonchev–Trinajstić information content (AvgIpc) is 2.83. The van der Waals surface area contributed by atoms with Crippen LogP contribution >= 0.6 is 0 Å². The zero-order chi connectivity index (χ0) is 23.0. The fourth-order valence-corrected chi connectivity index (χ4v) is 5.31. The molecule has 1 aliphatic rings. The van der Waals surface area contributed by atoms with Crippen molar-refractivity contribution in [3.05, 3.63) is 65.7 Å². The van der Waals surface area contributed by atoms with Gasteiger partial charge >= 0.3 is 5.97 Å². The Bertz CT molecular complexity index is 1000. The number of carbonyl (C=O) groups is 2. The van der Waals surface area contributed by atoms with Gasteiger partial charge in [-0.3, -0.25) is 9.59 Å². The summed E-state index contributed by atoms with van der Waals surface area (Å²) in [6.45, 7) is 1.14. The van der Waals surface area contributed by atoms with Crippen LogP contribution < -0.4 is 5.32 Å². The predicted molar refractivity (Wildman–Crippen MR) is 121 cm³/mol. The minimum absolute atomic E-state index is 0.0509. The van der Waals surface area contributed by atoms with Crippen molar-refractivity contribution in [3.63, 3.8) is 0 Å². The molecule has 1 N–H and O–H groups in total. The molecule has 3 rings (SSSR count). The molecule has 0 bridgehead atoms. The molecule has 32 heavy (non-hydrogen) atoms. The zero-order valence-electron chi connectivity index (χ0n) is 18.3. The van der Waals surface area contributed by atoms with Gasteiger partial charge in [-0.1, -0.05) is 48.9 Å². The van der Waals surface area contributed by atoms with Crippen LogP contribution in [0.3, 0.4) is 0 Å². The van der Waals surface area contributed by atoms with Crippen molar-refractivity contribution in [1.82, 2.24) is 9.62 Å². The summed E-state index contributed by atoms with van der Waals surface area (Å²) in [5.74, 6) is -0.586. The normalized spacial score (nSPS) is 15.7. The van der Waals surface area contributed by atoms with Crippen molar-refractivity contribution >= 4 is 21.9 Å². The van der Waals surface area contributed by atoms with Gasteiger partial charge in [-0.2, -0.15) is 4.31 Å². The maximum Gasteiger partial charge on any atom is 0.307 e. The van der Waals surface area contributed by atoms with E-state index >= 15 is 0 Å². The van der Waals surface area contributed by atoms with Crippen LogP contribution in [0.1, 0.15) is 49.3 Å². The first-order valence-electron chi connectivity index (χ1n) is 10.9. The molecule has 1 fully saturated rings. The highest BCUT2D eigenvalue weighted by Gasteiger charge is 2.25. The van der Waals surface area contributed by atoms with Gasteiger partial charge in [0.2, 0.25) is 15.9 Å². The van der Waals surface area contributed by atoms with Gasteiger partial charge in [0, 0.05) is 19.5 Å². The second-order valence-corrected chi connectivity index (χ2v) is 9.86. The predicted octanol–water partition coefficient (Wildman–Crippen LogP) is 3.21. The minimum atomic E-state index is -3.46. The molecule has 0 spiro atoms. The largest absolute Gasteiger partial charge is 0.469 e. The lowest BCUT2D eigenvalue weighted by atomic mass is 10.0. The lowest BCUT2D eigenvalue weighted by molar-refractivity contribution is -0.141. The number of ether oxygens (including phenoxy) is 1. The Labute approximate surface area is 189 Å². The van der Waals surface area contributed by atoms with Crippen molar-refractivity contribution in [3.8, 4) is 0 Å². The molecular weight excluding hydrogens is 428 g/mol. The molecule has 1 saturated heterocycles. The molecular formula is C24H30N2O5S. The number of piperidine rings is 1. The van der Waals surface area contributed by atoms with Crippen molar-refractivity contribution in [1.29, 1.82) is 0 Å². The summed E-state index contributed by atoms with van der Waals surface area (Å²) in [6, 6.07) is 15.6. The topological polar surface area (TPSA) is 92.8 Å². The fourth-order valence-electron chi connectivity index (χ4n) is 3.79. The maximum absolute atomic E-state index is 12.8. The lowest BCUT2D eigenvalue weighted by Gasteiger charge is -2.25. The van der Waals surface area contributed by atoms with Crippen molar-refractivity contribution < 1.29 is 22.7 Å². The average molecular weight is 459 g/mol. The molecule has 0 radical (unpaired) electrons. The number of methoxy groups -OCH3 is 1. The molecule has 1 heterocycles. The van der Waals surface area contributed by atoms with E-state index in [1.54, 1.807) is 28.6 Å². The first-order chi connectivity index (χ1) is 15.4. The van der Waals surface area contributed by atoms with Crippen molar-refractivity contribution in [2.24, 2.45) is 0 Å². The number of hydrogen-bond acceptors (Lipinski definition) is 5. The van der Waals surface area contributed by atoms with Crippen LogP contribution in [0.15, 0.2) is 59.5 Å². The van der Waals surface area contributed by atoms with Gasteiger partial charge in [-0.25, -0.2) is 8.42 Å². The van der Waals surface area contributed by atoms with Crippen LogP contribution in [0.25, 0.3) is 0 Å². The Hall–Kier alpha value is -2.71. The molecule has 1 aliphatic heterocycles. The number of aryl methyl sites for hydroxylation is 1. The highest BCUT2D eigenvalue weighted by molar-refractivity contribution is 7.89. The summed E-state index contributed by atoms with van der Waals surface area (Å²) < 4.78 is 31.8.